The molecular weight excluding hydrogens is 257 g/mol. The zero-order valence-electron chi connectivity index (χ0n) is 11.2. The summed E-state index contributed by atoms with van der Waals surface area (Å²) in [6, 6.07) is 4.79. The van der Waals surface area contributed by atoms with E-state index in [1.54, 1.807) is 0 Å². The molecule has 0 heterocycles. The molecule has 19 heavy (non-hydrogen) atoms. The van der Waals surface area contributed by atoms with Crippen molar-refractivity contribution in [3.63, 3.8) is 0 Å². The first-order chi connectivity index (χ1) is 8.58. The summed E-state index contributed by atoms with van der Waals surface area (Å²) in [5.41, 5.74) is -0.837. The van der Waals surface area contributed by atoms with E-state index in [4.69, 9.17) is 4.74 Å². The number of Topliss-reactive ketones (excluding diaryl/α,β-unsaturated/α-hetero) is 1. The minimum atomic E-state index is -4.39. The highest BCUT2D eigenvalue weighted by molar-refractivity contribution is 5.82. The molecule has 0 aliphatic carbocycles. The molecule has 1 rings (SSSR count). The molecule has 0 aliphatic rings. The van der Waals surface area contributed by atoms with Gasteiger partial charge in [0, 0.05) is 6.42 Å². The van der Waals surface area contributed by atoms with Gasteiger partial charge >= 0.3 is 6.18 Å². The van der Waals surface area contributed by atoms with Crippen molar-refractivity contribution in [2.75, 3.05) is 6.61 Å². The van der Waals surface area contributed by atoms with Gasteiger partial charge < -0.3 is 4.74 Å². The first-order valence-electron chi connectivity index (χ1n) is 5.90. The monoisotopic (exact) mass is 274 g/mol. The van der Waals surface area contributed by atoms with Crippen molar-refractivity contribution < 1.29 is 22.7 Å². The van der Waals surface area contributed by atoms with Crippen molar-refractivity contribution >= 4 is 5.78 Å². The first-order valence-corrected chi connectivity index (χ1v) is 5.90. The summed E-state index contributed by atoms with van der Waals surface area (Å²) in [4.78, 5) is 11.6. The van der Waals surface area contributed by atoms with E-state index < -0.39 is 17.3 Å². The Morgan fingerprint density at radius 2 is 1.84 bits per heavy atom. The van der Waals surface area contributed by atoms with Crippen LogP contribution in [0.5, 0.6) is 0 Å². The van der Waals surface area contributed by atoms with Crippen LogP contribution < -0.4 is 0 Å². The lowest BCUT2D eigenvalue weighted by Crippen LogP contribution is -2.24. The lowest BCUT2D eigenvalue weighted by molar-refractivity contribution is -0.137. The number of benzene rings is 1. The van der Waals surface area contributed by atoms with Gasteiger partial charge in [0.05, 0.1) is 11.2 Å². The smallest absolute Gasteiger partial charge is 0.368 e. The Morgan fingerprint density at radius 1 is 1.21 bits per heavy atom. The van der Waals surface area contributed by atoms with Gasteiger partial charge in [0.2, 0.25) is 0 Å². The fraction of sp³-hybridized carbons (Fsp3) is 0.500. The van der Waals surface area contributed by atoms with Crippen LogP contribution in [0.4, 0.5) is 13.2 Å². The average molecular weight is 274 g/mol. The third kappa shape index (κ3) is 5.87. The van der Waals surface area contributed by atoms with Crippen LogP contribution in [0.3, 0.4) is 0 Å². The lowest BCUT2D eigenvalue weighted by Gasteiger charge is -2.18. The maximum atomic E-state index is 12.5. The molecule has 0 aromatic heterocycles. The fourth-order valence-corrected chi connectivity index (χ4v) is 1.43. The summed E-state index contributed by atoms with van der Waals surface area (Å²) in [5.74, 6) is -0.241. The van der Waals surface area contributed by atoms with Gasteiger partial charge in [-0.3, -0.25) is 4.79 Å². The van der Waals surface area contributed by atoms with Crippen LogP contribution in [-0.2, 0) is 22.1 Å². The molecule has 5 heteroatoms. The molecule has 0 saturated carbocycles. The molecule has 0 fully saturated rings. The van der Waals surface area contributed by atoms with Crippen LogP contribution in [-0.4, -0.2) is 18.0 Å². The molecule has 0 bridgehead atoms. The normalized spacial score (nSPS) is 12.5. The van der Waals surface area contributed by atoms with Crippen LogP contribution in [0.15, 0.2) is 24.3 Å². The van der Waals surface area contributed by atoms with Gasteiger partial charge in [0.15, 0.2) is 5.78 Å². The second-order valence-electron chi connectivity index (χ2n) is 5.31. The standard InChI is InChI=1S/C14H17F3O2/c1-13(2,3)19-9-12(18)8-10-5-4-6-11(7-10)14(15,16)17/h4-7H,8-9H2,1-3H3. The van der Waals surface area contributed by atoms with Gasteiger partial charge in [0.25, 0.3) is 0 Å². The summed E-state index contributed by atoms with van der Waals surface area (Å²) in [7, 11) is 0. The Morgan fingerprint density at radius 3 is 2.37 bits per heavy atom. The summed E-state index contributed by atoms with van der Waals surface area (Å²) in [6.45, 7) is 5.33. The number of hydrogen-bond donors (Lipinski definition) is 0. The molecule has 2 nitrogen and oxygen atoms in total. The highest BCUT2D eigenvalue weighted by Gasteiger charge is 2.30. The quantitative estimate of drug-likeness (QED) is 0.838. The minimum absolute atomic E-state index is 0.0556. The molecule has 0 saturated heterocycles. The van der Waals surface area contributed by atoms with Crippen molar-refractivity contribution in [3.05, 3.63) is 35.4 Å². The van der Waals surface area contributed by atoms with Gasteiger partial charge in [-0.1, -0.05) is 18.2 Å². The van der Waals surface area contributed by atoms with Crippen molar-refractivity contribution in [3.8, 4) is 0 Å². The van der Waals surface area contributed by atoms with E-state index in [1.165, 1.54) is 12.1 Å². The number of ketones is 1. The molecule has 0 N–H and O–H groups in total. The number of alkyl halides is 3. The van der Waals surface area contributed by atoms with E-state index in [9.17, 15) is 18.0 Å². The SMILES string of the molecule is CC(C)(C)OCC(=O)Cc1cccc(C(F)(F)F)c1. The van der Waals surface area contributed by atoms with Gasteiger partial charge in [-0.05, 0) is 32.4 Å². The Balaban J connectivity index is 2.65. The maximum Gasteiger partial charge on any atom is 0.416 e. The highest BCUT2D eigenvalue weighted by Crippen LogP contribution is 2.29. The Kier molecular flexibility index (Phi) is 4.74. The number of carbonyl (C=O) groups is 1. The highest BCUT2D eigenvalue weighted by atomic mass is 19.4. The third-order valence-corrected chi connectivity index (χ3v) is 2.32. The molecule has 0 amide bonds. The van der Waals surface area contributed by atoms with E-state index in [2.05, 4.69) is 0 Å². The van der Waals surface area contributed by atoms with Gasteiger partial charge in [0.1, 0.15) is 6.61 Å². The van der Waals surface area contributed by atoms with Crippen LogP contribution in [0.1, 0.15) is 31.9 Å². The van der Waals surface area contributed by atoms with Crippen LogP contribution in [0, 0.1) is 0 Å². The second kappa shape index (κ2) is 5.74. The topological polar surface area (TPSA) is 26.3 Å². The molecule has 0 radical (unpaired) electrons. The summed E-state index contributed by atoms with van der Waals surface area (Å²) in [6.07, 6.45) is -4.44. The predicted molar refractivity (Wildman–Crippen MR) is 65.9 cm³/mol. The summed E-state index contributed by atoms with van der Waals surface area (Å²) < 4.78 is 42.8. The molecule has 1 aromatic rings. The summed E-state index contributed by atoms with van der Waals surface area (Å²) in [5, 5.41) is 0. The Bertz CT molecular complexity index is 445. The molecule has 106 valence electrons. The van der Waals surface area contributed by atoms with Crippen molar-refractivity contribution in [1.82, 2.24) is 0 Å². The number of carbonyl (C=O) groups excluding carboxylic acids is 1. The zero-order chi connectivity index (χ0) is 14.7. The van der Waals surface area contributed by atoms with E-state index in [0.717, 1.165) is 12.1 Å². The number of ether oxygens (including phenoxy) is 1. The molecular formula is C14H17F3O2. The third-order valence-electron chi connectivity index (χ3n) is 2.32. The van der Waals surface area contributed by atoms with E-state index >= 15 is 0 Å². The minimum Gasteiger partial charge on any atom is -0.368 e. The van der Waals surface area contributed by atoms with Gasteiger partial charge in [-0.2, -0.15) is 13.2 Å². The summed E-state index contributed by atoms with van der Waals surface area (Å²) >= 11 is 0. The second-order valence-corrected chi connectivity index (χ2v) is 5.31. The molecule has 0 spiro atoms. The lowest BCUT2D eigenvalue weighted by atomic mass is 10.1. The molecule has 1 aromatic carbocycles. The first kappa shape index (κ1) is 15.7. The van der Waals surface area contributed by atoms with Gasteiger partial charge in [-0.25, -0.2) is 0 Å². The average Bonchev–Trinajstić information content (AvgIpc) is 2.25. The van der Waals surface area contributed by atoms with E-state index in [-0.39, 0.29) is 18.8 Å². The molecule has 0 unspecified atom stereocenters. The Labute approximate surface area is 110 Å². The van der Waals surface area contributed by atoms with E-state index in [1.807, 2.05) is 20.8 Å². The Hall–Kier alpha value is -1.36. The number of halogens is 3. The number of hydrogen-bond acceptors (Lipinski definition) is 2. The number of rotatable bonds is 4. The van der Waals surface area contributed by atoms with E-state index in [0.29, 0.717) is 5.56 Å². The van der Waals surface area contributed by atoms with Crippen molar-refractivity contribution in [2.45, 2.75) is 39.0 Å². The van der Waals surface area contributed by atoms with Crippen molar-refractivity contribution in [1.29, 1.82) is 0 Å². The van der Waals surface area contributed by atoms with Crippen LogP contribution >= 0.6 is 0 Å². The maximum absolute atomic E-state index is 12.5. The predicted octanol–water partition coefficient (Wildman–Crippen LogP) is 3.63. The zero-order valence-corrected chi connectivity index (χ0v) is 11.2. The van der Waals surface area contributed by atoms with Crippen LogP contribution in [0.25, 0.3) is 0 Å². The van der Waals surface area contributed by atoms with Gasteiger partial charge in [-0.15, -0.1) is 0 Å². The molecule has 0 atom stereocenters. The van der Waals surface area contributed by atoms with Crippen LogP contribution in [0.2, 0.25) is 0 Å². The fourth-order valence-electron chi connectivity index (χ4n) is 1.43. The largest absolute Gasteiger partial charge is 0.416 e. The molecule has 0 aliphatic heterocycles. The van der Waals surface area contributed by atoms with Crippen molar-refractivity contribution in [2.24, 2.45) is 0 Å².